The molecule has 1 aliphatic rings. The molecule has 1 heterocycles. The van der Waals surface area contributed by atoms with Gasteiger partial charge in [-0.25, -0.2) is 0 Å². The Labute approximate surface area is 103 Å². The molecule has 2 atom stereocenters. The summed E-state index contributed by atoms with van der Waals surface area (Å²) < 4.78 is 0. The molecule has 1 fully saturated rings. The Morgan fingerprint density at radius 3 is 2.76 bits per heavy atom. The second-order valence-corrected chi connectivity index (χ2v) is 5.36. The van der Waals surface area contributed by atoms with Crippen LogP contribution in [-0.4, -0.2) is 35.7 Å². The summed E-state index contributed by atoms with van der Waals surface area (Å²) in [6, 6.07) is 10.5. The zero-order chi connectivity index (χ0) is 12.3. The second kappa shape index (κ2) is 5.17. The number of likely N-dealkylation sites (tertiary alicyclic amines) is 1. The molecular weight excluding hydrogens is 212 g/mol. The zero-order valence-electron chi connectivity index (χ0n) is 10.5. The van der Waals surface area contributed by atoms with Crippen LogP contribution in [0.5, 0.6) is 0 Å². The van der Waals surface area contributed by atoms with Gasteiger partial charge in [-0.15, -0.1) is 0 Å². The first-order valence-corrected chi connectivity index (χ1v) is 6.28. The normalized spacial score (nSPS) is 30.4. The molecule has 94 valence electrons. The van der Waals surface area contributed by atoms with Gasteiger partial charge in [-0.2, -0.15) is 0 Å². The lowest BCUT2D eigenvalue weighted by molar-refractivity contribution is -0.0325. The third-order valence-corrected chi connectivity index (χ3v) is 3.82. The van der Waals surface area contributed by atoms with Crippen molar-refractivity contribution in [3.63, 3.8) is 0 Å². The van der Waals surface area contributed by atoms with Crippen LogP contribution < -0.4 is 5.73 Å². The number of nitrogens with two attached hydrogens (primary N) is 1. The lowest BCUT2D eigenvalue weighted by Gasteiger charge is -2.43. The first kappa shape index (κ1) is 12.6. The van der Waals surface area contributed by atoms with Crippen molar-refractivity contribution in [1.82, 2.24) is 4.90 Å². The van der Waals surface area contributed by atoms with Gasteiger partial charge in [0.2, 0.25) is 0 Å². The Hall–Kier alpha value is -0.900. The standard InChI is InChI=1S/C14H22N2O/c1-14(10-15)11-16(8-7-13(14)17)9-12-5-3-2-4-6-12/h2-6,13,17H,7-11,15H2,1H3. The van der Waals surface area contributed by atoms with Gasteiger partial charge in [0.05, 0.1) is 6.10 Å². The maximum atomic E-state index is 10.0. The van der Waals surface area contributed by atoms with E-state index in [1.165, 1.54) is 5.56 Å². The number of aliphatic hydroxyl groups excluding tert-OH is 1. The van der Waals surface area contributed by atoms with E-state index in [9.17, 15) is 5.11 Å². The highest BCUT2D eigenvalue weighted by Crippen LogP contribution is 2.29. The lowest BCUT2D eigenvalue weighted by Crippen LogP contribution is -2.53. The van der Waals surface area contributed by atoms with E-state index in [1.807, 2.05) is 6.07 Å². The van der Waals surface area contributed by atoms with Gasteiger partial charge in [0, 0.05) is 31.6 Å². The van der Waals surface area contributed by atoms with Gasteiger partial charge in [0.1, 0.15) is 0 Å². The molecule has 1 aliphatic heterocycles. The zero-order valence-corrected chi connectivity index (χ0v) is 10.5. The predicted octanol–water partition coefficient (Wildman–Crippen LogP) is 1.22. The lowest BCUT2D eigenvalue weighted by atomic mass is 9.79. The molecule has 0 aliphatic carbocycles. The van der Waals surface area contributed by atoms with Crippen LogP contribution in [0.4, 0.5) is 0 Å². The molecule has 0 aromatic heterocycles. The highest BCUT2D eigenvalue weighted by atomic mass is 16.3. The fourth-order valence-corrected chi connectivity index (χ4v) is 2.53. The van der Waals surface area contributed by atoms with Crippen LogP contribution in [0.1, 0.15) is 18.9 Å². The number of hydrogen-bond donors (Lipinski definition) is 2. The van der Waals surface area contributed by atoms with Crippen molar-refractivity contribution in [3.8, 4) is 0 Å². The number of rotatable bonds is 3. The third-order valence-electron chi connectivity index (χ3n) is 3.82. The van der Waals surface area contributed by atoms with Crippen LogP contribution in [0.25, 0.3) is 0 Å². The van der Waals surface area contributed by atoms with Crippen molar-refractivity contribution in [2.75, 3.05) is 19.6 Å². The fourth-order valence-electron chi connectivity index (χ4n) is 2.53. The Morgan fingerprint density at radius 2 is 2.12 bits per heavy atom. The van der Waals surface area contributed by atoms with E-state index in [0.29, 0.717) is 6.54 Å². The largest absolute Gasteiger partial charge is 0.392 e. The van der Waals surface area contributed by atoms with Gasteiger partial charge >= 0.3 is 0 Å². The van der Waals surface area contributed by atoms with Crippen molar-refractivity contribution >= 4 is 0 Å². The summed E-state index contributed by atoms with van der Waals surface area (Å²) >= 11 is 0. The molecule has 17 heavy (non-hydrogen) atoms. The smallest absolute Gasteiger partial charge is 0.0630 e. The second-order valence-electron chi connectivity index (χ2n) is 5.36. The maximum absolute atomic E-state index is 10.0. The van der Waals surface area contributed by atoms with Gasteiger partial charge in [0.25, 0.3) is 0 Å². The number of aliphatic hydroxyl groups is 1. The number of hydrogen-bond acceptors (Lipinski definition) is 3. The van der Waals surface area contributed by atoms with Crippen LogP contribution >= 0.6 is 0 Å². The Kier molecular flexibility index (Phi) is 3.82. The van der Waals surface area contributed by atoms with Gasteiger partial charge in [-0.1, -0.05) is 37.3 Å². The summed E-state index contributed by atoms with van der Waals surface area (Å²) in [6.45, 7) is 5.39. The Balaban J connectivity index is 2.00. The highest BCUT2D eigenvalue weighted by molar-refractivity contribution is 5.14. The van der Waals surface area contributed by atoms with Crippen molar-refractivity contribution in [2.45, 2.75) is 26.0 Å². The monoisotopic (exact) mass is 234 g/mol. The first-order valence-electron chi connectivity index (χ1n) is 6.28. The summed E-state index contributed by atoms with van der Waals surface area (Å²) in [4.78, 5) is 2.38. The minimum absolute atomic E-state index is 0.160. The van der Waals surface area contributed by atoms with Crippen LogP contribution in [-0.2, 0) is 6.54 Å². The molecule has 3 nitrogen and oxygen atoms in total. The van der Waals surface area contributed by atoms with Gasteiger partial charge < -0.3 is 10.8 Å². The molecular formula is C14H22N2O. The number of piperidine rings is 1. The molecule has 1 saturated heterocycles. The van der Waals surface area contributed by atoms with E-state index in [2.05, 4.69) is 36.1 Å². The van der Waals surface area contributed by atoms with Crippen LogP contribution in [0.15, 0.2) is 30.3 Å². The van der Waals surface area contributed by atoms with Crippen molar-refractivity contribution in [2.24, 2.45) is 11.1 Å². The van der Waals surface area contributed by atoms with Crippen LogP contribution in [0, 0.1) is 5.41 Å². The van der Waals surface area contributed by atoms with E-state index in [0.717, 1.165) is 26.1 Å². The average Bonchev–Trinajstić information content (AvgIpc) is 2.35. The molecule has 2 rings (SSSR count). The van der Waals surface area contributed by atoms with E-state index in [1.54, 1.807) is 0 Å². The third kappa shape index (κ3) is 2.86. The van der Waals surface area contributed by atoms with E-state index in [4.69, 9.17) is 5.73 Å². The Bertz CT molecular complexity index is 354. The van der Waals surface area contributed by atoms with Crippen LogP contribution in [0.3, 0.4) is 0 Å². The van der Waals surface area contributed by atoms with E-state index >= 15 is 0 Å². The van der Waals surface area contributed by atoms with E-state index < -0.39 is 0 Å². The minimum atomic E-state index is -0.264. The summed E-state index contributed by atoms with van der Waals surface area (Å²) in [5.41, 5.74) is 6.96. The van der Waals surface area contributed by atoms with Crippen molar-refractivity contribution in [3.05, 3.63) is 35.9 Å². The topological polar surface area (TPSA) is 49.5 Å². The van der Waals surface area contributed by atoms with E-state index in [-0.39, 0.29) is 11.5 Å². The summed E-state index contributed by atoms with van der Waals surface area (Å²) in [5, 5.41) is 10.0. The molecule has 0 radical (unpaired) electrons. The summed E-state index contributed by atoms with van der Waals surface area (Å²) in [5.74, 6) is 0. The molecule has 0 bridgehead atoms. The molecule has 2 unspecified atom stereocenters. The molecule has 0 saturated carbocycles. The molecule has 1 aromatic carbocycles. The molecule has 0 amide bonds. The Morgan fingerprint density at radius 1 is 1.41 bits per heavy atom. The number of nitrogens with zero attached hydrogens (tertiary/aromatic N) is 1. The minimum Gasteiger partial charge on any atom is -0.392 e. The fraction of sp³-hybridized carbons (Fsp3) is 0.571. The summed E-state index contributed by atoms with van der Waals surface area (Å²) in [7, 11) is 0. The van der Waals surface area contributed by atoms with Crippen molar-refractivity contribution in [1.29, 1.82) is 0 Å². The first-order chi connectivity index (χ1) is 8.14. The molecule has 0 spiro atoms. The molecule has 3 heteroatoms. The van der Waals surface area contributed by atoms with Crippen LogP contribution in [0.2, 0.25) is 0 Å². The van der Waals surface area contributed by atoms with Gasteiger partial charge in [-0.3, -0.25) is 4.90 Å². The predicted molar refractivity (Wildman–Crippen MR) is 69.5 cm³/mol. The summed E-state index contributed by atoms with van der Waals surface area (Å²) in [6.07, 6.45) is 0.556. The quantitative estimate of drug-likeness (QED) is 0.826. The molecule has 3 N–H and O–H groups in total. The molecule has 1 aromatic rings. The average molecular weight is 234 g/mol. The SMILES string of the molecule is CC1(CN)CN(Cc2ccccc2)CCC1O. The van der Waals surface area contributed by atoms with Crippen molar-refractivity contribution < 1.29 is 5.11 Å². The highest BCUT2D eigenvalue weighted by Gasteiger charge is 2.37. The maximum Gasteiger partial charge on any atom is 0.0630 e. The number of benzene rings is 1. The van der Waals surface area contributed by atoms with Gasteiger partial charge in [-0.05, 0) is 12.0 Å². The van der Waals surface area contributed by atoms with Gasteiger partial charge in [0.15, 0.2) is 0 Å².